The van der Waals surface area contributed by atoms with Crippen LogP contribution in [0.15, 0.2) is 18.2 Å². The fraction of sp³-hybridized carbons (Fsp3) is 0.571. The maximum absolute atomic E-state index is 5.84. The second-order valence-electron chi connectivity index (χ2n) is 5.31. The maximum Gasteiger partial charge on any atom is 0.119 e. The predicted molar refractivity (Wildman–Crippen MR) is 69.1 cm³/mol. The molecule has 0 saturated heterocycles. The van der Waals surface area contributed by atoms with Gasteiger partial charge in [-0.15, -0.1) is 0 Å². The highest BCUT2D eigenvalue weighted by molar-refractivity contribution is 5.33. The van der Waals surface area contributed by atoms with Crippen molar-refractivity contribution in [1.82, 2.24) is 5.32 Å². The van der Waals surface area contributed by atoms with Crippen LogP contribution in [0.4, 0.5) is 0 Å². The quantitative estimate of drug-likeness (QED) is 0.825. The van der Waals surface area contributed by atoms with Gasteiger partial charge in [-0.25, -0.2) is 0 Å². The number of hydrogen-bond donors (Lipinski definition) is 1. The number of hydrogen-bond acceptors (Lipinski definition) is 2. The molecule has 2 heteroatoms. The van der Waals surface area contributed by atoms with Gasteiger partial charge in [0.1, 0.15) is 5.75 Å². The Morgan fingerprint density at radius 2 is 1.69 bits per heavy atom. The van der Waals surface area contributed by atoms with Gasteiger partial charge in [0, 0.05) is 12.0 Å². The van der Waals surface area contributed by atoms with Crippen molar-refractivity contribution < 1.29 is 4.74 Å². The van der Waals surface area contributed by atoms with Gasteiger partial charge in [0.2, 0.25) is 0 Å². The average molecular weight is 221 g/mol. The molecule has 0 bridgehead atoms. The van der Waals surface area contributed by atoms with Crippen LogP contribution < -0.4 is 10.1 Å². The van der Waals surface area contributed by atoms with Crippen LogP contribution in [0.1, 0.15) is 25.0 Å². The molecule has 0 saturated carbocycles. The van der Waals surface area contributed by atoms with Crippen LogP contribution in [-0.4, -0.2) is 20.2 Å². The first kappa shape index (κ1) is 13.0. The van der Waals surface area contributed by atoms with Gasteiger partial charge >= 0.3 is 0 Å². The molecule has 1 aromatic carbocycles. The lowest BCUT2D eigenvalue weighted by Crippen LogP contribution is -2.32. The van der Waals surface area contributed by atoms with E-state index in [2.05, 4.69) is 51.2 Å². The Hall–Kier alpha value is -1.02. The van der Waals surface area contributed by atoms with E-state index in [0.717, 1.165) is 18.9 Å². The molecule has 90 valence electrons. The van der Waals surface area contributed by atoms with Crippen molar-refractivity contribution in [2.75, 3.05) is 20.2 Å². The number of benzene rings is 1. The summed E-state index contributed by atoms with van der Waals surface area (Å²) in [6.07, 6.45) is 0. The lowest BCUT2D eigenvalue weighted by Gasteiger charge is -2.24. The number of ether oxygens (including phenoxy) is 1. The van der Waals surface area contributed by atoms with Crippen LogP contribution >= 0.6 is 0 Å². The van der Waals surface area contributed by atoms with Crippen molar-refractivity contribution >= 4 is 0 Å². The van der Waals surface area contributed by atoms with E-state index in [0.29, 0.717) is 0 Å². The van der Waals surface area contributed by atoms with Crippen molar-refractivity contribution in [2.24, 2.45) is 5.41 Å². The lowest BCUT2D eigenvalue weighted by molar-refractivity contribution is 0.179. The highest BCUT2D eigenvalue weighted by atomic mass is 16.5. The molecule has 0 aliphatic carbocycles. The molecule has 0 atom stereocenters. The van der Waals surface area contributed by atoms with Crippen LogP contribution in [0.3, 0.4) is 0 Å². The second kappa shape index (κ2) is 5.35. The first-order chi connectivity index (χ1) is 7.43. The molecule has 1 N–H and O–H groups in total. The van der Waals surface area contributed by atoms with Crippen LogP contribution in [0.2, 0.25) is 0 Å². The zero-order valence-corrected chi connectivity index (χ0v) is 11.1. The van der Waals surface area contributed by atoms with Crippen molar-refractivity contribution in [1.29, 1.82) is 0 Å². The van der Waals surface area contributed by atoms with Crippen molar-refractivity contribution in [3.63, 3.8) is 0 Å². The Labute approximate surface area is 99.0 Å². The number of rotatable bonds is 5. The van der Waals surface area contributed by atoms with E-state index in [1.165, 1.54) is 11.1 Å². The van der Waals surface area contributed by atoms with E-state index in [4.69, 9.17) is 4.74 Å². The Bertz CT molecular complexity index is 324. The zero-order valence-electron chi connectivity index (χ0n) is 11.1. The summed E-state index contributed by atoms with van der Waals surface area (Å²) >= 11 is 0. The third-order valence-electron chi connectivity index (χ3n) is 2.48. The highest BCUT2D eigenvalue weighted by Gasteiger charge is 2.17. The van der Waals surface area contributed by atoms with Crippen molar-refractivity contribution in [2.45, 2.75) is 27.7 Å². The van der Waals surface area contributed by atoms with Gasteiger partial charge in [-0.2, -0.15) is 0 Å². The van der Waals surface area contributed by atoms with E-state index in [-0.39, 0.29) is 5.41 Å². The smallest absolute Gasteiger partial charge is 0.119 e. The SMILES string of the molecule is CNCC(C)(C)COc1cc(C)cc(C)c1. The van der Waals surface area contributed by atoms with Crippen LogP contribution in [0.5, 0.6) is 5.75 Å². The van der Waals surface area contributed by atoms with E-state index in [1.54, 1.807) is 0 Å². The largest absolute Gasteiger partial charge is 0.493 e. The summed E-state index contributed by atoms with van der Waals surface area (Å²) in [4.78, 5) is 0. The summed E-state index contributed by atoms with van der Waals surface area (Å²) in [7, 11) is 1.97. The van der Waals surface area contributed by atoms with Gasteiger partial charge in [-0.05, 0) is 44.2 Å². The average Bonchev–Trinajstić information content (AvgIpc) is 2.13. The van der Waals surface area contributed by atoms with Gasteiger partial charge in [-0.1, -0.05) is 19.9 Å². The first-order valence-corrected chi connectivity index (χ1v) is 5.79. The van der Waals surface area contributed by atoms with E-state index in [9.17, 15) is 0 Å². The summed E-state index contributed by atoms with van der Waals surface area (Å²) in [5.41, 5.74) is 2.66. The summed E-state index contributed by atoms with van der Waals surface area (Å²) in [6, 6.07) is 6.33. The van der Waals surface area contributed by atoms with Crippen LogP contribution in [0, 0.1) is 19.3 Å². The first-order valence-electron chi connectivity index (χ1n) is 5.79. The normalized spacial score (nSPS) is 11.6. The molecule has 0 fully saturated rings. The molecule has 0 heterocycles. The summed E-state index contributed by atoms with van der Waals surface area (Å²) in [5.74, 6) is 0.974. The molecule has 16 heavy (non-hydrogen) atoms. The van der Waals surface area contributed by atoms with Crippen molar-refractivity contribution in [3.05, 3.63) is 29.3 Å². The molecule has 0 unspecified atom stereocenters. The molecule has 1 aromatic rings. The Balaban J connectivity index is 2.60. The zero-order chi connectivity index (χ0) is 12.2. The molecule has 0 radical (unpaired) electrons. The fourth-order valence-electron chi connectivity index (χ4n) is 1.82. The van der Waals surface area contributed by atoms with Gasteiger partial charge in [0.25, 0.3) is 0 Å². The molecule has 0 aliphatic heterocycles. The fourth-order valence-corrected chi connectivity index (χ4v) is 1.82. The standard InChI is InChI=1S/C14H23NO/c1-11-6-12(2)8-13(7-11)16-10-14(3,4)9-15-5/h6-8,15H,9-10H2,1-5H3. The van der Waals surface area contributed by atoms with E-state index < -0.39 is 0 Å². The molecule has 1 rings (SSSR count). The Morgan fingerprint density at radius 1 is 1.12 bits per heavy atom. The second-order valence-corrected chi connectivity index (χ2v) is 5.31. The Morgan fingerprint density at radius 3 is 2.19 bits per heavy atom. The summed E-state index contributed by atoms with van der Waals surface area (Å²) < 4.78 is 5.84. The monoisotopic (exact) mass is 221 g/mol. The summed E-state index contributed by atoms with van der Waals surface area (Å²) in [6.45, 7) is 10.3. The highest BCUT2D eigenvalue weighted by Crippen LogP contribution is 2.20. The number of nitrogens with one attached hydrogen (secondary N) is 1. The molecule has 0 aromatic heterocycles. The predicted octanol–water partition coefficient (Wildman–Crippen LogP) is 2.93. The third-order valence-corrected chi connectivity index (χ3v) is 2.48. The van der Waals surface area contributed by atoms with E-state index in [1.807, 2.05) is 7.05 Å². The maximum atomic E-state index is 5.84. The van der Waals surface area contributed by atoms with Gasteiger partial charge in [-0.3, -0.25) is 0 Å². The van der Waals surface area contributed by atoms with Crippen LogP contribution in [-0.2, 0) is 0 Å². The van der Waals surface area contributed by atoms with Gasteiger partial charge in [0.05, 0.1) is 6.61 Å². The minimum Gasteiger partial charge on any atom is -0.493 e. The molecule has 0 spiro atoms. The third kappa shape index (κ3) is 4.23. The Kier molecular flexibility index (Phi) is 4.36. The summed E-state index contributed by atoms with van der Waals surface area (Å²) in [5, 5.41) is 3.19. The number of aryl methyl sites for hydroxylation is 2. The molecule has 2 nitrogen and oxygen atoms in total. The molecular formula is C14H23NO. The van der Waals surface area contributed by atoms with Gasteiger partial charge in [0.15, 0.2) is 0 Å². The minimum absolute atomic E-state index is 0.159. The minimum atomic E-state index is 0.159. The molecular weight excluding hydrogens is 198 g/mol. The topological polar surface area (TPSA) is 21.3 Å². The molecule has 0 aliphatic rings. The lowest BCUT2D eigenvalue weighted by atomic mass is 9.95. The van der Waals surface area contributed by atoms with Crippen molar-refractivity contribution in [3.8, 4) is 5.75 Å². The molecule has 0 amide bonds. The van der Waals surface area contributed by atoms with E-state index >= 15 is 0 Å². The van der Waals surface area contributed by atoms with Gasteiger partial charge < -0.3 is 10.1 Å². The van der Waals surface area contributed by atoms with Crippen LogP contribution in [0.25, 0.3) is 0 Å².